The number of ether oxygens (including phenoxy) is 1. The van der Waals surface area contributed by atoms with Crippen molar-refractivity contribution in [1.29, 1.82) is 0 Å². The van der Waals surface area contributed by atoms with E-state index in [0.717, 1.165) is 5.01 Å². The second-order valence-electron chi connectivity index (χ2n) is 5.06. The van der Waals surface area contributed by atoms with Crippen molar-refractivity contribution < 1.29 is 19.4 Å². The highest BCUT2D eigenvalue weighted by atomic mass is 32.1. The minimum Gasteiger partial charge on any atom is -0.480 e. The van der Waals surface area contributed by atoms with Gasteiger partial charge in [-0.15, -0.1) is 11.3 Å². The molecule has 0 bridgehead atoms. The molecule has 1 fully saturated rings. The maximum atomic E-state index is 12.3. The van der Waals surface area contributed by atoms with Gasteiger partial charge < -0.3 is 20.5 Å². The van der Waals surface area contributed by atoms with Crippen molar-refractivity contribution in [1.82, 2.24) is 9.88 Å². The van der Waals surface area contributed by atoms with Gasteiger partial charge >= 0.3 is 5.97 Å². The Labute approximate surface area is 126 Å². The van der Waals surface area contributed by atoms with Crippen molar-refractivity contribution in [3.8, 4) is 0 Å². The van der Waals surface area contributed by atoms with Gasteiger partial charge in [0.25, 0.3) is 5.91 Å². The number of aromatic nitrogens is 1. The molecule has 1 amide bonds. The van der Waals surface area contributed by atoms with Crippen molar-refractivity contribution in [2.75, 3.05) is 19.7 Å². The quantitative estimate of drug-likeness (QED) is 0.835. The minimum absolute atomic E-state index is 0.0970. The molecule has 1 saturated heterocycles. The van der Waals surface area contributed by atoms with Crippen molar-refractivity contribution in [3.63, 3.8) is 0 Å². The molecule has 21 heavy (non-hydrogen) atoms. The van der Waals surface area contributed by atoms with Crippen LogP contribution in [-0.2, 0) is 9.53 Å². The van der Waals surface area contributed by atoms with Gasteiger partial charge in [0.2, 0.25) is 0 Å². The van der Waals surface area contributed by atoms with Crippen LogP contribution >= 0.6 is 11.3 Å². The van der Waals surface area contributed by atoms with Crippen LogP contribution in [0.4, 0.5) is 0 Å². The standard InChI is InChI=1S/C13H19N3O4S/c1-8(14)12-15-10(7-21-12)13(19)16-4-2-9(3-5-16)20-6-11(17)18/h7-9H,2-6,14H2,1H3,(H,17,18). The van der Waals surface area contributed by atoms with E-state index in [-0.39, 0.29) is 24.7 Å². The van der Waals surface area contributed by atoms with Gasteiger partial charge in [0.05, 0.1) is 12.1 Å². The number of likely N-dealkylation sites (tertiary alicyclic amines) is 1. The van der Waals surface area contributed by atoms with Crippen LogP contribution in [0.2, 0.25) is 0 Å². The first kappa shape index (κ1) is 15.9. The topological polar surface area (TPSA) is 106 Å². The molecule has 0 aromatic carbocycles. The molecule has 1 atom stereocenters. The molecule has 0 aliphatic carbocycles. The molecule has 1 aliphatic heterocycles. The van der Waals surface area contributed by atoms with Crippen LogP contribution in [0, 0.1) is 0 Å². The van der Waals surface area contributed by atoms with E-state index in [1.54, 1.807) is 10.3 Å². The molecule has 0 spiro atoms. The third-order valence-electron chi connectivity index (χ3n) is 3.30. The first-order valence-corrected chi connectivity index (χ1v) is 7.69. The van der Waals surface area contributed by atoms with Crippen molar-refractivity contribution >= 4 is 23.2 Å². The third-order valence-corrected chi connectivity index (χ3v) is 4.35. The van der Waals surface area contributed by atoms with Crippen LogP contribution in [0.3, 0.4) is 0 Å². The Morgan fingerprint density at radius 3 is 2.76 bits per heavy atom. The Morgan fingerprint density at radius 1 is 1.57 bits per heavy atom. The molecule has 7 nitrogen and oxygen atoms in total. The lowest BCUT2D eigenvalue weighted by molar-refractivity contribution is -0.145. The highest BCUT2D eigenvalue weighted by Gasteiger charge is 2.26. The highest BCUT2D eigenvalue weighted by molar-refractivity contribution is 7.09. The summed E-state index contributed by atoms with van der Waals surface area (Å²) in [5.41, 5.74) is 6.17. The summed E-state index contributed by atoms with van der Waals surface area (Å²) in [7, 11) is 0. The molecule has 1 aliphatic rings. The van der Waals surface area contributed by atoms with Crippen LogP contribution in [0.25, 0.3) is 0 Å². The summed E-state index contributed by atoms with van der Waals surface area (Å²) in [6.07, 6.45) is 1.19. The zero-order chi connectivity index (χ0) is 15.4. The third kappa shape index (κ3) is 4.23. The summed E-state index contributed by atoms with van der Waals surface area (Å²) < 4.78 is 5.25. The summed E-state index contributed by atoms with van der Waals surface area (Å²) in [4.78, 5) is 28.7. The molecule has 1 aromatic heterocycles. The van der Waals surface area contributed by atoms with E-state index in [2.05, 4.69) is 4.98 Å². The van der Waals surface area contributed by atoms with E-state index in [0.29, 0.717) is 31.6 Å². The molecule has 116 valence electrons. The number of carbonyl (C=O) groups is 2. The normalized spacial score (nSPS) is 17.7. The Bertz CT molecular complexity index is 509. The fourth-order valence-electron chi connectivity index (χ4n) is 2.17. The van der Waals surface area contributed by atoms with Gasteiger partial charge in [0, 0.05) is 18.5 Å². The van der Waals surface area contributed by atoms with Crippen molar-refractivity contribution in [3.05, 3.63) is 16.1 Å². The predicted octanol–water partition coefficient (Wildman–Crippen LogP) is 0.869. The molecule has 0 saturated carbocycles. The number of hydrogen-bond donors (Lipinski definition) is 2. The fraction of sp³-hybridized carbons (Fsp3) is 0.615. The lowest BCUT2D eigenvalue weighted by Gasteiger charge is -2.31. The van der Waals surface area contributed by atoms with Gasteiger partial charge in [-0.2, -0.15) is 0 Å². The highest BCUT2D eigenvalue weighted by Crippen LogP contribution is 2.20. The predicted molar refractivity (Wildman–Crippen MR) is 77.2 cm³/mol. The summed E-state index contributed by atoms with van der Waals surface area (Å²) in [6, 6.07) is -0.174. The minimum atomic E-state index is -0.973. The van der Waals surface area contributed by atoms with Crippen LogP contribution in [0.1, 0.15) is 41.3 Å². The summed E-state index contributed by atoms with van der Waals surface area (Å²) in [5, 5.41) is 11.1. The molecule has 2 rings (SSSR count). The first-order chi connectivity index (χ1) is 9.97. The molecule has 0 radical (unpaired) electrons. The smallest absolute Gasteiger partial charge is 0.329 e. The number of thiazole rings is 1. The molecule has 8 heteroatoms. The maximum absolute atomic E-state index is 12.3. The average Bonchev–Trinajstić information content (AvgIpc) is 2.95. The Kier molecular flexibility index (Phi) is 5.27. The monoisotopic (exact) mass is 313 g/mol. The van der Waals surface area contributed by atoms with Crippen LogP contribution in [0.15, 0.2) is 5.38 Å². The lowest BCUT2D eigenvalue weighted by Crippen LogP contribution is -2.41. The number of carboxylic acids is 1. The van der Waals surface area contributed by atoms with E-state index in [1.807, 2.05) is 6.92 Å². The van der Waals surface area contributed by atoms with Gasteiger partial charge in [-0.3, -0.25) is 4.79 Å². The zero-order valence-corrected chi connectivity index (χ0v) is 12.6. The van der Waals surface area contributed by atoms with E-state index in [9.17, 15) is 9.59 Å². The van der Waals surface area contributed by atoms with Crippen molar-refractivity contribution in [2.45, 2.75) is 31.9 Å². The SMILES string of the molecule is CC(N)c1nc(C(=O)N2CCC(OCC(=O)O)CC2)cs1. The van der Waals surface area contributed by atoms with E-state index in [4.69, 9.17) is 15.6 Å². The van der Waals surface area contributed by atoms with Gasteiger partial charge in [0.1, 0.15) is 17.3 Å². The summed E-state index contributed by atoms with van der Waals surface area (Å²) in [5.74, 6) is -1.07. The Morgan fingerprint density at radius 2 is 2.24 bits per heavy atom. The van der Waals surface area contributed by atoms with Crippen LogP contribution in [0.5, 0.6) is 0 Å². The van der Waals surface area contributed by atoms with Gasteiger partial charge in [0.15, 0.2) is 0 Å². The van der Waals surface area contributed by atoms with Crippen LogP contribution in [-0.4, -0.2) is 52.7 Å². The first-order valence-electron chi connectivity index (χ1n) is 6.81. The molecular weight excluding hydrogens is 294 g/mol. The van der Waals surface area contributed by atoms with E-state index < -0.39 is 5.97 Å². The van der Waals surface area contributed by atoms with Crippen LogP contribution < -0.4 is 5.73 Å². The maximum Gasteiger partial charge on any atom is 0.329 e. The molecule has 1 unspecified atom stereocenters. The van der Waals surface area contributed by atoms with Crippen molar-refractivity contribution in [2.24, 2.45) is 5.73 Å². The molecular formula is C13H19N3O4S. The largest absolute Gasteiger partial charge is 0.480 e. The number of rotatable bonds is 5. The number of nitrogens with two attached hydrogens (primary N) is 1. The molecule has 3 N–H and O–H groups in total. The Balaban J connectivity index is 1.86. The summed E-state index contributed by atoms with van der Waals surface area (Å²) >= 11 is 1.39. The number of carbonyl (C=O) groups excluding carboxylic acids is 1. The summed E-state index contributed by atoms with van der Waals surface area (Å²) in [6.45, 7) is 2.64. The number of piperidine rings is 1. The lowest BCUT2D eigenvalue weighted by atomic mass is 10.1. The number of carboxylic acid groups (broad SMARTS) is 1. The molecule has 1 aromatic rings. The van der Waals surface area contributed by atoms with Gasteiger partial charge in [-0.25, -0.2) is 9.78 Å². The van der Waals surface area contributed by atoms with Gasteiger partial charge in [-0.05, 0) is 19.8 Å². The number of hydrogen-bond acceptors (Lipinski definition) is 6. The second kappa shape index (κ2) is 6.97. The number of amides is 1. The Hall–Kier alpha value is -1.51. The van der Waals surface area contributed by atoms with E-state index in [1.165, 1.54) is 11.3 Å². The number of nitrogens with zero attached hydrogens (tertiary/aromatic N) is 2. The number of aliphatic carboxylic acids is 1. The van der Waals surface area contributed by atoms with Gasteiger partial charge in [-0.1, -0.05) is 0 Å². The zero-order valence-electron chi connectivity index (χ0n) is 11.8. The fourth-order valence-corrected chi connectivity index (χ4v) is 2.92. The molecule has 2 heterocycles. The average molecular weight is 313 g/mol. The second-order valence-corrected chi connectivity index (χ2v) is 5.95. The van der Waals surface area contributed by atoms with E-state index >= 15 is 0 Å².